The molecule has 2 aromatic rings. The van der Waals surface area contributed by atoms with Gasteiger partial charge in [-0.25, -0.2) is 12.8 Å². The van der Waals surface area contributed by atoms with E-state index in [9.17, 15) is 12.8 Å². The minimum atomic E-state index is -3.56. The van der Waals surface area contributed by atoms with E-state index >= 15 is 0 Å². The van der Waals surface area contributed by atoms with Crippen molar-refractivity contribution in [1.82, 2.24) is 0 Å². The highest BCUT2D eigenvalue weighted by atomic mass is 32.2. The molecule has 2 aromatic carbocycles. The third kappa shape index (κ3) is 3.33. The van der Waals surface area contributed by atoms with Crippen LogP contribution in [-0.4, -0.2) is 15.5 Å². The number of benzene rings is 2. The van der Waals surface area contributed by atoms with Crippen LogP contribution in [0.5, 0.6) is 5.75 Å². The molecule has 0 aromatic heterocycles. The van der Waals surface area contributed by atoms with Gasteiger partial charge < -0.3 is 10.5 Å². The van der Waals surface area contributed by atoms with Crippen molar-refractivity contribution in [2.24, 2.45) is 0 Å². The molecule has 0 radical (unpaired) electrons. The lowest BCUT2D eigenvalue weighted by atomic mass is 10.2. The van der Waals surface area contributed by atoms with E-state index in [1.807, 2.05) is 0 Å². The van der Waals surface area contributed by atoms with Crippen LogP contribution in [-0.2, 0) is 15.6 Å². The van der Waals surface area contributed by atoms with E-state index in [0.717, 1.165) is 0 Å². The molecule has 21 heavy (non-hydrogen) atoms. The lowest BCUT2D eigenvalue weighted by Crippen LogP contribution is -2.07. The third-order valence-corrected chi connectivity index (χ3v) is 4.95. The first-order valence-electron chi connectivity index (χ1n) is 6.25. The largest absolute Gasteiger partial charge is 0.494 e. The predicted molar refractivity (Wildman–Crippen MR) is 79.4 cm³/mol. The van der Waals surface area contributed by atoms with E-state index in [1.54, 1.807) is 13.0 Å². The number of nitrogen functional groups attached to an aromatic ring is 1. The second-order valence-electron chi connectivity index (χ2n) is 4.75. The number of hydrogen-bond acceptors (Lipinski definition) is 4. The number of methoxy groups -OCH3 is 1. The van der Waals surface area contributed by atoms with E-state index in [1.165, 1.54) is 37.4 Å². The molecular formula is C15H16FNO3S. The van der Waals surface area contributed by atoms with Gasteiger partial charge in [0.05, 0.1) is 17.8 Å². The molecule has 0 spiro atoms. The summed E-state index contributed by atoms with van der Waals surface area (Å²) in [5, 5.41) is 0. The zero-order valence-corrected chi connectivity index (χ0v) is 12.6. The molecule has 0 amide bonds. The van der Waals surface area contributed by atoms with E-state index in [0.29, 0.717) is 16.8 Å². The molecule has 0 aliphatic rings. The van der Waals surface area contributed by atoms with Crippen molar-refractivity contribution in [1.29, 1.82) is 0 Å². The number of ether oxygens (including phenoxy) is 1. The van der Waals surface area contributed by atoms with Crippen molar-refractivity contribution in [2.45, 2.75) is 17.6 Å². The highest BCUT2D eigenvalue weighted by molar-refractivity contribution is 7.90. The van der Waals surface area contributed by atoms with Gasteiger partial charge in [0, 0.05) is 5.69 Å². The summed E-state index contributed by atoms with van der Waals surface area (Å²) in [5.74, 6) is -0.780. The standard InChI is InChI=1S/C15H16FNO3S/c1-10-7-12(17)4-6-15(10)21(18,19)9-11-3-5-14(20-2)13(16)8-11/h3-8H,9,17H2,1-2H3. The second-order valence-corrected chi connectivity index (χ2v) is 6.71. The zero-order valence-electron chi connectivity index (χ0n) is 11.8. The molecule has 0 saturated carbocycles. The molecule has 0 fully saturated rings. The van der Waals surface area contributed by atoms with Crippen LogP contribution in [0.2, 0.25) is 0 Å². The molecule has 0 aliphatic heterocycles. The molecule has 0 saturated heterocycles. The Morgan fingerprint density at radius 3 is 2.48 bits per heavy atom. The molecule has 4 nitrogen and oxygen atoms in total. The van der Waals surface area contributed by atoms with Crippen LogP contribution in [0.4, 0.5) is 10.1 Å². The molecule has 0 atom stereocenters. The average molecular weight is 309 g/mol. The van der Waals surface area contributed by atoms with Gasteiger partial charge in [-0.15, -0.1) is 0 Å². The minimum Gasteiger partial charge on any atom is -0.494 e. The Morgan fingerprint density at radius 2 is 1.90 bits per heavy atom. The van der Waals surface area contributed by atoms with Crippen LogP contribution in [0.1, 0.15) is 11.1 Å². The Labute approximate surface area is 123 Å². The Hall–Kier alpha value is -2.08. The minimum absolute atomic E-state index is 0.0832. The molecule has 0 bridgehead atoms. The van der Waals surface area contributed by atoms with Crippen LogP contribution in [0.3, 0.4) is 0 Å². The summed E-state index contributed by atoms with van der Waals surface area (Å²) in [6.45, 7) is 1.68. The van der Waals surface area contributed by atoms with Crippen molar-refractivity contribution in [2.75, 3.05) is 12.8 Å². The highest BCUT2D eigenvalue weighted by Gasteiger charge is 2.18. The summed E-state index contributed by atoms with van der Waals surface area (Å²) in [6.07, 6.45) is 0. The number of nitrogens with two attached hydrogens (primary N) is 1. The van der Waals surface area contributed by atoms with Crippen LogP contribution in [0, 0.1) is 12.7 Å². The van der Waals surface area contributed by atoms with Gasteiger partial charge in [0.15, 0.2) is 21.4 Å². The van der Waals surface area contributed by atoms with Crippen molar-refractivity contribution in [3.63, 3.8) is 0 Å². The fraction of sp³-hybridized carbons (Fsp3) is 0.200. The Kier molecular flexibility index (Phi) is 4.18. The second kappa shape index (κ2) is 5.73. The van der Waals surface area contributed by atoms with E-state index in [-0.39, 0.29) is 16.4 Å². The van der Waals surface area contributed by atoms with Crippen LogP contribution >= 0.6 is 0 Å². The molecular weight excluding hydrogens is 293 g/mol. The Morgan fingerprint density at radius 1 is 1.19 bits per heavy atom. The van der Waals surface area contributed by atoms with Gasteiger partial charge in [-0.2, -0.15) is 0 Å². The summed E-state index contributed by atoms with van der Waals surface area (Å²) in [4.78, 5) is 0.202. The van der Waals surface area contributed by atoms with Crippen molar-refractivity contribution in [3.8, 4) is 5.75 Å². The van der Waals surface area contributed by atoms with Crippen LogP contribution in [0.25, 0.3) is 0 Å². The summed E-state index contributed by atoms with van der Waals surface area (Å²) in [7, 11) is -2.21. The number of aryl methyl sites for hydroxylation is 1. The van der Waals surface area contributed by atoms with Crippen molar-refractivity contribution >= 4 is 15.5 Å². The molecule has 0 aliphatic carbocycles. The summed E-state index contributed by atoms with van der Waals surface area (Å²) in [6, 6.07) is 8.72. The fourth-order valence-electron chi connectivity index (χ4n) is 2.12. The number of anilines is 1. The third-order valence-electron chi connectivity index (χ3n) is 3.11. The number of sulfone groups is 1. The van der Waals surface area contributed by atoms with Crippen molar-refractivity contribution in [3.05, 3.63) is 53.3 Å². The first-order valence-corrected chi connectivity index (χ1v) is 7.90. The van der Waals surface area contributed by atoms with Gasteiger partial charge in [0.2, 0.25) is 0 Å². The molecule has 0 heterocycles. The summed E-state index contributed by atoms with van der Waals surface area (Å²) < 4.78 is 43.2. The fourth-order valence-corrected chi connectivity index (χ4v) is 3.72. The first kappa shape index (κ1) is 15.3. The van der Waals surface area contributed by atoms with E-state index in [2.05, 4.69) is 0 Å². The zero-order chi connectivity index (χ0) is 15.6. The number of halogens is 1. The molecule has 6 heteroatoms. The van der Waals surface area contributed by atoms with Gasteiger partial charge in [-0.1, -0.05) is 6.07 Å². The first-order chi connectivity index (χ1) is 9.83. The topological polar surface area (TPSA) is 69.4 Å². The summed E-state index contributed by atoms with van der Waals surface area (Å²) >= 11 is 0. The molecule has 112 valence electrons. The Bertz CT molecular complexity index is 772. The number of hydrogen-bond donors (Lipinski definition) is 1. The summed E-state index contributed by atoms with van der Waals surface area (Å²) in [5.41, 5.74) is 7.06. The van der Waals surface area contributed by atoms with Crippen LogP contribution in [0.15, 0.2) is 41.3 Å². The predicted octanol–water partition coefficient (Wildman–Crippen LogP) is 2.70. The monoisotopic (exact) mass is 309 g/mol. The van der Waals surface area contributed by atoms with E-state index < -0.39 is 15.7 Å². The molecule has 2 N–H and O–H groups in total. The SMILES string of the molecule is COc1ccc(CS(=O)(=O)c2ccc(N)cc2C)cc1F. The highest BCUT2D eigenvalue weighted by Crippen LogP contribution is 2.24. The van der Waals surface area contributed by atoms with Gasteiger partial charge in [-0.05, 0) is 48.4 Å². The maximum atomic E-state index is 13.6. The lowest BCUT2D eigenvalue weighted by molar-refractivity contribution is 0.386. The molecule has 2 rings (SSSR count). The van der Waals surface area contributed by atoms with Gasteiger partial charge in [0.1, 0.15) is 0 Å². The van der Waals surface area contributed by atoms with Gasteiger partial charge in [0.25, 0.3) is 0 Å². The lowest BCUT2D eigenvalue weighted by Gasteiger charge is -2.09. The Balaban J connectivity index is 2.35. The van der Waals surface area contributed by atoms with Crippen molar-refractivity contribution < 1.29 is 17.5 Å². The van der Waals surface area contributed by atoms with E-state index in [4.69, 9.17) is 10.5 Å². The maximum Gasteiger partial charge on any atom is 0.182 e. The normalized spacial score (nSPS) is 11.4. The maximum absolute atomic E-state index is 13.6. The quantitative estimate of drug-likeness (QED) is 0.882. The van der Waals surface area contributed by atoms with Gasteiger partial charge in [-0.3, -0.25) is 0 Å². The number of rotatable bonds is 4. The molecule has 0 unspecified atom stereocenters. The van der Waals surface area contributed by atoms with Crippen LogP contribution < -0.4 is 10.5 Å². The average Bonchev–Trinajstić information content (AvgIpc) is 2.37. The smallest absolute Gasteiger partial charge is 0.182 e. The van der Waals surface area contributed by atoms with Gasteiger partial charge >= 0.3 is 0 Å².